The third-order valence-electron chi connectivity index (χ3n) is 3.91. The Morgan fingerprint density at radius 1 is 0.913 bits per heavy atom. The average molecular weight is 334 g/mol. The fraction of sp³-hybridized carbons (Fsp3) is 0.333. The van der Waals surface area contributed by atoms with Crippen molar-refractivity contribution < 1.29 is 18.9 Å². The van der Waals surface area contributed by atoms with Gasteiger partial charge in [-0.15, -0.1) is 0 Å². The average Bonchev–Trinajstić information content (AvgIpc) is 2.46. The first-order valence-electron chi connectivity index (χ1n) is 7.67. The number of hydrogen-bond acceptors (Lipinski definition) is 2. The summed E-state index contributed by atoms with van der Waals surface area (Å²) in [7, 11) is -4.67. The molecule has 0 unspecified atom stereocenters. The van der Waals surface area contributed by atoms with Crippen LogP contribution in [-0.4, -0.2) is 9.79 Å². The van der Waals surface area contributed by atoms with Gasteiger partial charge in [-0.05, 0) is 31.4 Å². The van der Waals surface area contributed by atoms with Gasteiger partial charge in [-0.1, -0.05) is 73.0 Å². The maximum atomic E-state index is 11.7. The van der Waals surface area contributed by atoms with E-state index in [-0.39, 0.29) is 0 Å². The number of rotatable bonds is 6. The van der Waals surface area contributed by atoms with Crippen LogP contribution in [-0.2, 0) is 14.7 Å². The summed E-state index contributed by atoms with van der Waals surface area (Å²) in [6.07, 6.45) is 1.20. The van der Waals surface area contributed by atoms with E-state index in [9.17, 15) is 14.4 Å². The molecule has 2 N–H and O–H groups in total. The van der Waals surface area contributed by atoms with Crippen molar-refractivity contribution in [1.29, 1.82) is 0 Å². The van der Waals surface area contributed by atoms with Crippen LogP contribution >= 0.6 is 7.82 Å². The van der Waals surface area contributed by atoms with E-state index in [2.05, 4.69) is 0 Å². The molecule has 0 spiro atoms. The van der Waals surface area contributed by atoms with Gasteiger partial charge in [-0.3, -0.25) is 4.52 Å². The minimum Gasteiger partial charge on any atom is -0.303 e. The van der Waals surface area contributed by atoms with Crippen molar-refractivity contribution in [3.05, 3.63) is 70.8 Å². The molecule has 5 heteroatoms. The highest BCUT2D eigenvalue weighted by molar-refractivity contribution is 7.46. The van der Waals surface area contributed by atoms with E-state index in [1.807, 2.05) is 69.3 Å². The molecule has 0 atom stereocenters. The van der Waals surface area contributed by atoms with Crippen molar-refractivity contribution in [2.24, 2.45) is 0 Å². The van der Waals surface area contributed by atoms with Gasteiger partial charge in [0.05, 0.1) is 0 Å². The molecular formula is C18H23O4P. The summed E-state index contributed by atoms with van der Waals surface area (Å²) in [6.45, 7) is 5.92. The minimum atomic E-state index is -4.67. The molecule has 0 saturated heterocycles. The van der Waals surface area contributed by atoms with Crippen molar-refractivity contribution in [3.8, 4) is 0 Å². The molecule has 0 amide bonds. The maximum Gasteiger partial charge on any atom is 0.470 e. The van der Waals surface area contributed by atoms with E-state index in [4.69, 9.17) is 4.52 Å². The fourth-order valence-electron chi connectivity index (χ4n) is 2.81. The highest BCUT2D eigenvalue weighted by Gasteiger charge is 2.40. The molecular weight excluding hydrogens is 311 g/mol. The fourth-order valence-corrected chi connectivity index (χ4v) is 3.52. The summed E-state index contributed by atoms with van der Waals surface area (Å²) in [5.41, 5.74) is 2.50. The molecule has 0 fully saturated rings. The summed E-state index contributed by atoms with van der Waals surface area (Å²) in [5.74, 6) is 0. The Hall–Kier alpha value is -1.45. The van der Waals surface area contributed by atoms with Crippen LogP contribution in [0.1, 0.15) is 42.0 Å². The quantitative estimate of drug-likeness (QED) is 0.766. The smallest absolute Gasteiger partial charge is 0.303 e. The third-order valence-corrected chi connectivity index (χ3v) is 4.46. The van der Waals surface area contributed by atoms with E-state index in [0.29, 0.717) is 6.42 Å². The summed E-state index contributed by atoms with van der Waals surface area (Å²) in [5, 5.41) is 0. The molecule has 2 aromatic rings. The number of phosphoric ester groups is 1. The van der Waals surface area contributed by atoms with Gasteiger partial charge in [0.2, 0.25) is 0 Å². The summed E-state index contributed by atoms with van der Waals surface area (Å²) in [4.78, 5) is 19.0. The second-order valence-electron chi connectivity index (χ2n) is 5.89. The molecule has 2 rings (SSSR count). The van der Waals surface area contributed by atoms with Gasteiger partial charge in [-0.25, -0.2) is 4.57 Å². The molecule has 23 heavy (non-hydrogen) atoms. The minimum absolute atomic E-state index is 0.476. The zero-order valence-electron chi connectivity index (χ0n) is 13.7. The number of phosphoric acid groups is 1. The first kappa shape index (κ1) is 17.9. The second-order valence-corrected chi connectivity index (χ2v) is 7.05. The number of benzene rings is 2. The zero-order chi connectivity index (χ0) is 17.1. The summed E-state index contributed by atoms with van der Waals surface area (Å²) < 4.78 is 17.1. The van der Waals surface area contributed by atoms with Crippen LogP contribution in [0.25, 0.3) is 0 Å². The van der Waals surface area contributed by atoms with E-state index in [1.54, 1.807) is 0 Å². The van der Waals surface area contributed by atoms with E-state index < -0.39 is 13.4 Å². The lowest BCUT2D eigenvalue weighted by molar-refractivity contribution is 0.0569. The molecule has 0 aliphatic carbocycles. The number of hydrogen-bond donors (Lipinski definition) is 2. The molecule has 4 nitrogen and oxygen atoms in total. The van der Waals surface area contributed by atoms with Crippen molar-refractivity contribution in [1.82, 2.24) is 0 Å². The van der Waals surface area contributed by atoms with Crippen molar-refractivity contribution in [3.63, 3.8) is 0 Å². The Kier molecular flexibility index (Phi) is 5.43. The third kappa shape index (κ3) is 4.30. The summed E-state index contributed by atoms with van der Waals surface area (Å²) in [6, 6.07) is 15.2. The Morgan fingerprint density at radius 2 is 1.30 bits per heavy atom. The van der Waals surface area contributed by atoms with Crippen LogP contribution in [0.5, 0.6) is 0 Å². The molecule has 2 aromatic carbocycles. The van der Waals surface area contributed by atoms with Gasteiger partial charge in [0.1, 0.15) is 5.60 Å². The van der Waals surface area contributed by atoms with Gasteiger partial charge in [-0.2, -0.15) is 0 Å². The molecule has 0 saturated carbocycles. The van der Waals surface area contributed by atoms with Crippen LogP contribution in [0.15, 0.2) is 48.5 Å². The normalized spacial score (nSPS) is 12.4. The lowest BCUT2D eigenvalue weighted by atomic mass is 9.82. The molecule has 0 aromatic heterocycles. The van der Waals surface area contributed by atoms with Crippen LogP contribution in [0, 0.1) is 13.8 Å². The van der Waals surface area contributed by atoms with Crippen LogP contribution in [0.3, 0.4) is 0 Å². The van der Waals surface area contributed by atoms with Gasteiger partial charge >= 0.3 is 7.82 Å². The van der Waals surface area contributed by atoms with Crippen LogP contribution in [0.2, 0.25) is 0 Å². The Morgan fingerprint density at radius 3 is 1.61 bits per heavy atom. The zero-order valence-corrected chi connectivity index (χ0v) is 14.6. The highest BCUT2D eigenvalue weighted by atomic mass is 31.2. The lowest BCUT2D eigenvalue weighted by Crippen LogP contribution is -2.30. The van der Waals surface area contributed by atoms with Crippen LogP contribution < -0.4 is 0 Å². The van der Waals surface area contributed by atoms with E-state index in [0.717, 1.165) is 28.7 Å². The predicted molar refractivity (Wildman–Crippen MR) is 91.2 cm³/mol. The standard InChI is InChI=1S/C18H23O4P/c1-4-13-18(22-23(19,20)21,16-9-5-14(2)6-10-16)17-11-7-15(3)8-12-17/h5-12H,4,13H2,1-3H3,(H2,19,20,21). The van der Waals surface area contributed by atoms with Gasteiger partial charge in [0.15, 0.2) is 0 Å². The van der Waals surface area contributed by atoms with E-state index in [1.165, 1.54) is 0 Å². The first-order valence-corrected chi connectivity index (χ1v) is 9.20. The molecule has 124 valence electrons. The Bertz CT molecular complexity index is 640. The Labute approximate surface area is 137 Å². The molecule has 0 radical (unpaired) electrons. The molecule has 0 bridgehead atoms. The van der Waals surface area contributed by atoms with Crippen molar-refractivity contribution >= 4 is 7.82 Å². The first-order chi connectivity index (χ1) is 10.8. The molecule has 0 aliphatic rings. The summed E-state index contributed by atoms with van der Waals surface area (Å²) >= 11 is 0. The second kappa shape index (κ2) is 6.98. The molecule has 0 aliphatic heterocycles. The Balaban J connectivity index is 2.65. The van der Waals surface area contributed by atoms with Gasteiger partial charge in [0, 0.05) is 0 Å². The van der Waals surface area contributed by atoms with Crippen molar-refractivity contribution in [2.45, 2.75) is 39.2 Å². The topological polar surface area (TPSA) is 66.8 Å². The molecule has 0 heterocycles. The van der Waals surface area contributed by atoms with Crippen molar-refractivity contribution in [2.75, 3.05) is 0 Å². The predicted octanol–water partition coefficient (Wildman–Crippen LogP) is 4.46. The highest BCUT2D eigenvalue weighted by Crippen LogP contribution is 2.50. The largest absolute Gasteiger partial charge is 0.470 e. The monoisotopic (exact) mass is 334 g/mol. The van der Waals surface area contributed by atoms with E-state index >= 15 is 0 Å². The maximum absolute atomic E-state index is 11.7. The van der Waals surface area contributed by atoms with Gasteiger partial charge in [0.25, 0.3) is 0 Å². The SMILES string of the molecule is CCCC(OP(=O)(O)O)(c1ccc(C)cc1)c1ccc(C)cc1. The van der Waals surface area contributed by atoms with Gasteiger partial charge < -0.3 is 9.79 Å². The number of aryl methyl sites for hydroxylation is 2. The van der Waals surface area contributed by atoms with Crippen LogP contribution in [0.4, 0.5) is 0 Å². The lowest BCUT2D eigenvalue weighted by Gasteiger charge is -2.35.